The fourth-order valence-corrected chi connectivity index (χ4v) is 3.51. The van der Waals surface area contributed by atoms with Crippen molar-refractivity contribution in [1.82, 2.24) is 5.32 Å². The van der Waals surface area contributed by atoms with Crippen LogP contribution in [0, 0.1) is 13.8 Å². The predicted molar refractivity (Wildman–Crippen MR) is 109 cm³/mol. The van der Waals surface area contributed by atoms with Crippen LogP contribution >= 0.6 is 23.4 Å². The maximum absolute atomic E-state index is 12.3. The molecule has 1 saturated heterocycles. The molecule has 1 aliphatic rings. The summed E-state index contributed by atoms with van der Waals surface area (Å²) in [7, 11) is 0. The lowest BCUT2D eigenvalue weighted by atomic mass is 10.1. The van der Waals surface area contributed by atoms with E-state index in [-0.39, 0.29) is 5.91 Å². The molecule has 134 valence electrons. The van der Waals surface area contributed by atoms with Crippen molar-refractivity contribution < 1.29 is 9.53 Å². The van der Waals surface area contributed by atoms with Gasteiger partial charge in [-0.15, -0.1) is 0 Å². The van der Waals surface area contributed by atoms with Crippen LogP contribution in [0.15, 0.2) is 46.3 Å². The Kier molecular flexibility index (Phi) is 5.69. The highest BCUT2D eigenvalue weighted by Crippen LogP contribution is 2.32. The molecule has 0 unspecified atom stereocenters. The van der Waals surface area contributed by atoms with Crippen LogP contribution in [0.4, 0.5) is 5.69 Å². The predicted octanol–water partition coefficient (Wildman–Crippen LogP) is 5.25. The number of carbonyl (C=O) groups excluding carboxylic acids is 1. The average molecular weight is 387 g/mol. The minimum atomic E-state index is -0.179. The van der Waals surface area contributed by atoms with Crippen LogP contribution in [0.1, 0.15) is 23.6 Å². The zero-order chi connectivity index (χ0) is 18.7. The van der Waals surface area contributed by atoms with E-state index in [0.717, 1.165) is 22.4 Å². The Balaban J connectivity index is 1.91. The van der Waals surface area contributed by atoms with Crippen LogP contribution in [0.2, 0.25) is 5.02 Å². The van der Waals surface area contributed by atoms with Crippen molar-refractivity contribution in [1.29, 1.82) is 0 Å². The quantitative estimate of drug-likeness (QED) is 0.730. The number of benzene rings is 2. The molecule has 26 heavy (non-hydrogen) atoms. The van der Waals surface area contributed by atoms with E-state index in [1.807, 2.05) is 39.0 Å². The Hall–Kier alpha value is -2.24. The number of ether oxygens (including phenoxy) is 1. The Bertz CT molecular complexity index is 922. The van der Waals surface area contributed by atoms with Crippen molar-refractivity contribution in [3.8, 4) is 5.75 Å². The van der Waals surface area contributed by atoms with Crippen LogP contribution < -0.4 is 10.1 Å². The van der Waals surface area contributed by atoms with Crippen molar-refractivity contribution in [3.63, 3.8) is 0 Å². The van der Waals surface area contributed by atoms with Crippen molar-refractivity contribution in [2.45, 2.75) is 20.8 Å². The van der Waals surface area contributed by atoms with E-state index in [4.69, 9.17) is 16.3 Å². The van der Waals surface area contributed by atoms with Gasteiger partial charge in [0, 0.05) is 10.6 Å². The second-order valence-corrected chi connectivity index (χ2v) is 7.28. The third kappa shape index (κ3) is 4.11. The Labute approximate surface area is 162 Å². The molecule has 0 radical (unpaired) electrons. The van der Waals surface area contributed by atoms with E-state index >= 15 is 0 Å². The first-order chi connectivity index (χ1) is 12.5. The number of aliphatic imine (C=N–C) groups is 1. The normalized spacial score (nSPS) is 17.0. The molecule has 1 aliphatic heterocycles. The summed E-state index contributed by atoms with van der Waals surface area (Å²) in [5.74, 6) is 0.513. The molecule has 0 saturated carbocycles. The zero-order valence-electron chi connectivity index (χ0n) is 14.8. The summed E-state index contributed by atoms with van der Waals surface area (Å²) in [5, 5.41) is 3.97. The molecule has 3 rings (SSSR count). The van der Waals surface area contributed by atoms with Gasteiger partial charge in [0.2, 0.25) is 0 Å². The Morgan fingerprint density at radius 3 is 2.85 bits per heavy atom. The number of amidine groups is 1. The van der Waals surface area contributed by atoms with E-state index < -0.39 is 0 Å². The summed E-state index contributed by atoms with van der Waals surface area (Å²) in [6.07, 6.45) is 1.78. The Morgan fingerprint density at radius 2 is 2.08 bits per heavy atom. The maximum atomic E-state index is 12.3. The highest BCUT2D eigenvalue weighted by atomic mass is 35.5. The van der Waals surface area contributed by atoms with Crippen LogP contribution in [0.5, 0.6) is 5.75 Å². The molecule has 0 bridgehead atoms. The van der Waals surface area contributed by atoms with Crippen LogP contribution in [-0.4, -0.2) is 17.7 Å². The highest BCUT2D eigenvalue weighted by molar-refractivity contribution is 8.18. The van der Waals surface area contributed by atoms with Crippen molar-refractivity contribution in [2.24, 2.45) is 4.99 Å². The van der Waals surface area contributed by atoms with E-state index in [2.05, 4.69) is 10.3 Å². The SMILES string of the molecule is CCOc1ccc(Cl)cc1/C=C1\SC(=Nc2cccc(C)c2C)NC1=O. The van der Waals surface area contributed by atoms with E-state index in [1.54, 1.807) is 24.3 Å². The lowest BCUT2D eigenvalue weighted by molar-refractivity contribution is -0.115. The molecule has 1 fully saturated rings. The number of rotatable bonds is 4. The number of hydrogen-bond donors (Lipinski definition) is 1. The number of aryl methyl sites for hydroxylation is 1. The summed E-state index contributed by atoms with van der Waals surface area (Å²) < 4.78 is 5.61. The van der Waals surface area contributed by atoms with Gasteiger partial charge in [-0.1, -0.05) is 23.7 Å². The van der Waals surface area contributed by atoms with Gasteiger partial charge in [-0.05, 0) is 74.0 Å². The number of nitrogens with zero attached hydrogens (tertiary/aromatic N) is 1. The standard InChI is InChI=1S/C20H19ClN2O2S/c1-4-25-17-9-8-15(21)10-14(17)11-18-19(24)23-20(26-18)22-16-7-5-6-12(2)13(16)3/h5-11H,4H2,1-3H3,(H,22,23,24)/b18-11-. The summed E-state index contributed by atoms with van der Waals surface area (Å²) in [6.45, 7) is 6.51. The molecular weight excluding hydrogens is 368 g/mol. The van der Waals surface area contributed by atoms with Gasteiger partial charge >= 0.3 is 0 Å². The number of carbonyl (C=O) groups is 1. The van der Waals surface area contributed by atoms with Gasteiger partial charge in [0.15, 0.2) is 5.17 Å². The first-order valence-corrected chi connectivity index (χ1v) is 9.45. The zero-order valence-corrected chi connectivity index (χ0v) is 16.4. The highest BCUT2D eigenvalue weighted by Gasteiger charge is 2.24. The van der Waals surface area contributed by atoms with E-state index in [9.17, 15) is 4.79 Å². The summed E-state index contributed by atoms with van der Waals surface area (Å²) in [6, 6.07) is 11.3. The van der Waals surface area contributed by atoms with Gasteiger partial charge in [-0.3, -0.25) is 4.79 Å². The third-order valence-electron chi connectivity index (χ3n) is 4.01. The summed E-state index contributed by atoms with van der Waals surface area (Å²) in [5.41, 5.74) is 3.88. The van der Waals surface area contributed by atoms with Crippen molar-refractivity contribution in [2.75, 3.05) is 6.61 Å². The maximum Gasteiger partial charge on any atom is 0.264 e. The number of hydrogen-bond acceptors (Lipinski definition) is 4. The lowest BCUT2D eigenvalue weighted by Crippen LogP contribution is -2.19. The minimum Gasteiger partial charge on any atom is -0.493 e. The number of thioether (sulfide) groups is 1. The summed E-state index contributed by atoms with van der Waals surface area (Å²) >= 11 is 7.40. The smallest absolute Gasteiger partial charge is 0.264 e. The number of nitrogens with one attached hydrogen (secondary N) is 1. The first-order valence-electron chi connectivity index (χ1n) is 8.26. The van der Waals surface area contributed by atoms with Gasteiger partial charge in [-0.25, -0.2) is 4.99 Å². The van der Waals surface area contributed by atoms with Gasteiger partial charge < -0.3 is 10.1 Å². The molecule has 4 nitrogen and oxygen atoms in total. The third-order valence-corrected chi connectivity index (χ3v) is 5.15. The second kappa shape index (κ2) is 7.98. The molecule has 0 atom stereocenters. The van der Waals surface area contributed by atoms with Gasteiger partial charge in [0.1, 0.15) is 5.75 Å². The molecule has 2 aromatic rings. The van der Waals surface area contributed by atoms with Crippen LogP contribution in [-0.2, 0) is 4.79 Å². The molecule has 1 heterocycles. The van der Waals surface area contributed by atoms with E-state index in [1.165, 1.54) is 11.8 Å². The van der Waals surface area contributed by atoms with Crippen LogP contribution in [0.25, 0.3) is 6.08 Å². The molecule has 0 aromatic heterocycles. The fraction of sp³-hybridized carbons (Fsp3) is 0.200. The number of amides is 1. The molecule has 0 aliphatic carbocycles. The van der Waals surface area contributed by atoms with Crippen molar-refractivity contribution >= 4 is 46.2 Å². The van der Waals surface area contributed by atoms with E-state index in [0.29, 0.717) is 27.5 Å². The lowest BCUT2D eigenvalue weighted by Gasteiger charge is -2.07. The Morgan fingerprint density at radius 1 is 1.27 bits per heavy atom. The molecule has 0 spiro atoms. The topological polar surface area (TPSA) is 50.7 Å². The van der Waals surface area contributed by atoms with Gasteiger partial charge in [0.25, 0.3) is 5.91 Å². The minimum absolute atomic E-state index is 0.179. The van der Waals surface area contributed by atoms with Gasteiger partial charge in [0.05, 0.1) is 17.2 Å². The first kappa shape index (κ1) is 18.5. The number of halogens is 1. The second-order valence-electron chi connectivity index (χ2n) is 5.82. The molecule has 2 aromatic carbocycles. The largest absolute Gasteiger partial charge is 0.493 e. The molecule has 1 amide bonds. The average Bonchev–Trinajstić information content (AvgIpc) is 2.94. The molecule has 6 heteroatoms. The summed E-state index contributed by atoms with van der Waals surface area (Å²) in [4.78, 5) is 17.5. The molecule has 1 N–H and O–H groups in total. The van der Waals surface area contributed by atoms with Crippen LogP contribution in [0.3, 0.4) is 0 Å². The van der Waals surface area contributed by atoms with Gasteiger partial charge in [-0.2, -0.15) is 0 Å². The fourth-order valence-electron chi connectivity index (χ4n) is 2.51. The molecular formula is C20H19ClN2O2S. The van der Waals surface area contributed by atoms with Crippen molar-refractivity contribution in [3.05, 3.63) is 63.0 Å². The monoisotopic (exact) mass is 386 g/mol.